The highest BCUT2D eigenvalue weighted by molar-refractivity contribution is 5.67. The van der Waals surface area contributed by atoms with E-state index in [4.69, 9.17) is 4.74 Å². The first-order valence-electron chi connectivity index (χ1n) is 6.43. The average Bonchev–Trinajstić information content (AvgIpc) is 2.99. The molecular weight excluding hydrogens is 231 g/mol. The number of aryl methyl sites for hydroxylation is 1. The molecule has 1 aliphatic heterocycles. The van der Waals surface area contributed by atoms with Gasteiger partial charge in [-0.1, -0.05) is 6.08 Å². The van der Waals surface area contributed by atoms with E-state index >= 15 is 0 Å². The van der Waals surface area contributed by atoms with Crippen molar-refractivity contribution in [2.45, 2.75) is 32.2 Å². The molecule has 18 heavy (non-hydrogen) atoms. The third kappa shape index (κ3) is 2.12. The molecule has 0 saturated carbocycles. The van der Waals surface area contributed by atoms with Gasteiger partial charge in [0.2, 0.25) is 0 Å². The van der Waals surface area contributed by atoms with E-state index < -0.39 is 0 Å². The van der Waals surface area contributed by atoms with Gasteiger partial charge in [0.1, 0.15) is 5.83 Å². The predicted octanol–water partition coefficient (Wildman–Crippen LogP) is 3.18. The van der Waals surface area contributed by atoms with Crippen molar-refractivity contribution < 1.29 is 9.13 Å². The second-order valence-corrected chi connectivity index (χ2v) is 4.96. The third-order valence-electron chi connectivity index (χ3n) is 3.60. The van der Waals surface area contributed by atoms with E-state index in [9.17, 15) is 4.39 Å². The second-order valence-electron chi connectivity index (χ2n) is 4.96. The van der Waals surface area contributed by atoms with Crippen LogP contribution in [0.3, 0.4) is 0 Å². The highest BCUT2D eigenvalue weighted by Gasteiger charge is 2.21. The zero-order chi connectivity index (χ0) is 12.5. The van der Waals surface area contributed by atoms with Crippen molar-refractivity contribution in [2.24, 2.45) is 0 Å². The monoisotopic (exact) mass is 248 g/mol. The highest BCUT2D eigenvalue weighted by Crippen LogP contribution is 2.29. The van der Waals surface area contributed by atoms with Gasteiger partial charge in [0.25, 0.3) is 0 Å². The Morgan fingerprint density at radius 2 is 2.28 bits per heavy atom. The van der Waals surface area contributed by atoms with Crippen LogP contribution in [-0.4, -0.2) is 23.0 Å². The SMILES string of the molecule is Cc1cn([C@H]2CCOC2)nc1C1=CC=C(F)CC1. The van der Waals surface area contributed by atoms with Gasteiger partial charge < -0.3 is 4.74 Å². The maximum absolute atomic E-state index is 13.0. The van der Waals surface area contributed by atoms with E-state index in [1.807, 2.05) is 10.8 Å². The smallest absolute Gasteiger partial charge is 0.100 e. The summed E-state index contributed by atoms with van der Waals surface area (Å²) in [6.07, 6.45) is 7.73. The summed E-state index contributed by atoms with van der Waals surface area (Å²) in [4.78, 5) is 0. The number of rotatable bonds is 2. The molecule has 0 unspecified atom stereocenters. The third-order valence-corrected chi connectivity index (χ3v) is 3.60. The van der Waals surface area contributed by atoms with Crippen molar-refractivity contribution >= 4 is 5.57 Å². The molecule has 3 rings (SSSR count). The number of hydrogen-bond donors (Lipinski definition) is 0. The van der Waals surface area contributed by atoms with E-state index in [1.54, 1.807) is 6.08 Å². The predicted molar refractivity (Wildman–Crippen MR) is 67.8 cm³/mol. The quantitative estimate of drug-likeness (QED) is 0.803. The summed E-state index contributed by atoms with van der Waals surface area (Å²) in [5.41, 5.74) is 3.29. The van der Waals surface area contributed by atoms with Crippen LogP contribution in [0.15, 0.2) is 24.2 Å². The maximum Gasteiger partial charge on any atom is 0.100 e. The normalized spacial score (nSPS) is 24.0. The number of allylic oxidation sites excluding steroid dienone is 4. The Morgan fingerprint density at radius 3 is 2.94 bits per heavy atom. The van der Waals surface area contributed by atoms with E-state index in [-0.39, 0.29) is 5.83 Å². The molecule has 1 aromatic rings. The molecule has 4 heteroatoms. The zero-order valence-electron chi connectivity index (χ0n) is 10.5. The first-order valence-corrected chi connectivity index (χ1v) is 6.43. The molecule has 0 aromatic carbocycles. The molecule has 2 aliphatic rings. The molecule has 2 heterocycles. The Bertz CT molecular complexity index is 510. The summed E-state index contributed by atoms with van der Waals surface area (Å²) < 4.78 is 20.4. The number of hydrogen-bond acceptors (Lipinski definition) is 2. The van der Waals surface area contributed by atoms with Gasteiger partial charge in [-0.3, -0.25) is 4.68 Å². The van der Waals surface area contributed by atoms with Crippen LogP contribution in [0, 0.1) is 6.92 Å². The second kappa shape index (κ2) is 4.69. The van der Waals surface area contributed by atoms with Gasteiger partial charge in [0.05, 0.1) is 18.3 Å². The van der Waals surface area contributed by atoms with Crippen LogP contribution in [0.2, 0.25) is 0 Å². The molecule has 1 aliphatic carbocycles. The summed E-state index contributed by atoms with van der Waals surface area (Å²) in [5, 5.41) is 4.66. The number of ether oxygens (including phenoxy) is 1. The molecule has 1 saturated heterocycles. The van der Waals surface area contributed by atoms with Crippen LogP contribution in [0.4, 0.5) is 4.39 Å². The molecule has 96 valence electrons. The van der Waals surface area contributed by atoms with Crippen LogP contribution in [0.25, 0.3) is 5.57 Å². The van der Waals surface area contributed by atoms with Crippen LogP contribution in [-0.2, 0) is 4.74 Å². The topological polar surface area (TPSA) is 27.1 Å². The van der Waals surface area contributed by atoms with E-state index in [2.05, 4.69) is 18.2 Å². The molecule has 1 fully saturated rings. The van der Waals surface area contributed by atoms with Crippen LogP contribution in [0.5, 0.6) is 0 Å². The minimum absolute atomic E-state index is 0.0416. The summed E-state index contributed by atoms with van der Waals surface area (Å²) in [6.45, 7) is 3.62. The molecule has 0 bridgehead atoms. The summed E-state index contributed by atoms with van der Waals surface area (Å²) in [6, 6.07) is 0.355. The fourth-order valence-corrected chi connectivity index (χ4v) is 2.53. The van der Waals surface area contributed by atoms with E-state index in [0.717, 1.165) is 42.9 Å². The lowest BCUT2D eigenvalue weighted by Gasteiger charge is -2.10. The van der Waals surface area contributed by atoms with Gasteiger partial charge in [-0.2, -0.15) is 5.10 Å². The van der Waals surface area contributed by atoms with Crippen molar-refractivity contribution in [3.63, 3.8) is 0 Å². The van der Waals surface area contributed by atoms with Crippen LogP contribution >= 0.6 is 0 Å². The van der Waals surface area contributed by atoms with Gasteiger partial charge in [-0.15, -0.1) is 0 Å². The lowest BCUT2D eigenvalue weighted by atomic mass is 9.99. The molecule has 3 nitrogen and oxygen atoms in total. The fourth-order valence-electron chi connectivity index (χ4n) is 2.53. The molecule has 0 spiro atoms. The molecule has 1 aromatic heterocycles. The molecule has 0 N–H and O–H groups in total. The largest absolute Gasteiger partial charge is 0.379 e. The van der Waals surface area contributed by atoms with Crippen molar-refractivity contribution in [2.75, 3.05) is 13.2 Å². The maximum atomic E-state index is 13.0. The van der Waals surface area contributed by atoms with Crippen LogP contribution < -0.4 is 0 Å². The molecular formula is C14H17FN2O. The number of aromatic nitrogens is 2. The van der Waals surface area contributed by atoms with Crippen molar-refractivity contribution in [3.05, 3.63) is 35.4 Å². The van der Waals surface area contributed by atoms with Crippen LogP contribution in [0.1, 0.15) is 36.6 Å². The highest BCUT2D eigenvalue weighted by atomic mass is 19.1. The molecule has 1 atom stereocenters. The minimum atomic E-state index is -0.0416. The Balaban J connectivity index is 1.88. The number of halogens is 1. The molecule has 0 amide bonds. The first kappa shape index (κ1) is 11.7. The average molecular weight is 248 g/mol. The Labute approximate surface area is 106 Å². The van der Waals surface area contributed by atoms with Gasteiger partial charge in [0.15, 0.2) is 0 Å². The minimum Gasteiger partial charge on any atom is -0.379 e. The lowest BCUT2D eigenvalue weighted by molar-refractivity contribution is 0.184. The van der Waals surface area contributed by atoms with Crippen molar-refractivity contribution in [1.29, 1.82) is 0 Å². The summed E-state index contributed by atoms with van der Waals surface area (Å²) in [5.74, 6) is -0.0416. The van der Waals surface area contributed by atoms with Gasteiger partial charge in [0, 0.05) is 19.2 Å². The Morgan fingerprint density at radius 1 is 1.39 bits per heavy atom. The first-order chi connectivity index (χ1) is 8.74. The van der Waals surface area contributed by atoms with Crippen molar-refractivity contribution in [1.82, 2.24) is 9.78 Å². The Kier molecular flexibility index (Phi) is 3.04. The summed E-state index contributed by atoms with van der Waals surface area (Å²) >= 11 is 0. The Hall–Kier alpha value is -1.42. The number of nitrogens with zero attached hydrogens (tertiary/aromatic N) is 2. The van der Waals surface area contributed by atoms with E-state index in [0.29, 0.717) is 12.5 Å². The lowest BCUT2D eigenvalue weighted by Crippen LogP contribution is -2.09. The molecule has 0 radical (unpaired) electrons. The van der Waals surface area contributed by atoms with Gasteiger partial charge in [-0.05, 0) is 37.0 Å². The summed E-state index contributed by atoms with van der Waals surface area (Å²) in [7, 11) is 0. The zero-order valence-corrected chi connectivity index (χ0v) is 10.5. The van der Waals surface area contributed by atoms with Gasteiger partial charge >= 0.3 is 0 Å². The van der Waals surface area contributed by atoms with Gasteiger partial charge in [-0.25, -0.2) is 4.39 Å². The standard InChI is InChI=1S/C14H17FN2O/c1-10-8-17(13-6-7-18-9-13)16-14(10)11-2-4-12(15)5-3-11/h2,4,8,13H,3,5-7,9H2,1H3/t13-/m0/s1. The van der Waals surface area contributed by atoms with Crippen molar-refractivity contribution in [3.8, 4) is 0 Å². The van der Waals surface area contributed by atoms with E-state index in [1.165, 1.54) is 0 Å². The fraction of sp³-hybridized carbons (Fsp3) is 0.500.